The number of benzene rings is 2. The minimum Gasteiger partial charge on any atom is -0.507 e. The van der Waals surface area contributed by atoms with Gasteiger partial charge >= 0.3 is 0 Å². The zero-order chi connectivity index (χ0) is 20.5. The summed E-state index contributed by atoms with van der Waals surface area (Å²) in [7, 11) is 0. The van der Waals surface area contributed by atoms with Gasteiger partial charge in [-0.2, -0.15) is 0 Å². The van der Waals surface area contributed by atoms with Crippen molar-refractivity contribution in [2.75, 3.05) is 19.8 Å². The molecule has 6 nitrogen and oxygen atoms in total. The number of amides is 1. The number of aliphatic hydroxyl groups is 1. The van der Waals surface area contributed by atoms with Gasteiger partial charge in [-0.1, -0.05) is 41.1 Å². The van der Waals surface area contributed by atoms with Crippen molar-refractivity contribution >= 4 is 33.4 Å². The number of likely N-dealkylation sites (tertiary alicyclic amines) is 1. The minimum absolute atomic E-state index is 0.0856. The van der Waals surface area contributed by atoms with Gasteiger partial charge in [-0.05, 0) is 36.2 Å². The van der Waals surface area contributed by atoms with Gasteiger partial charge < -0.3 is 19.5 Å². The first-order valence-electron chi connectivity index (χ1n) is 9.45. The third-order valence-corrected chi connectivity index (χ3v) is 5.53. The Morgan fingerprint density at radius 2 is 1.79 bits per heavy atom. The van der Waals surface area contributed by atoms with E-state index in [0.717, 1.165) is 4.47 Å². The van der Waals surface area contributed by atoms with Crippen molar-refractivity contribution in [1.29, 1.82) is 0 Å². The molecule has 29 heavy (non-hydrogen) atoms. The third kappa shape index (κ3) is 3.51. The molecule has 1 N–H and O–H groups in total. The number of ether oxygens (including phenoxy) is 2. The fourth-order valence-corrected chi connectivity index (χ4v) is 3.96. The molecule has 0 aromatic heterocycles. The molecular formula is C22H20BrNO5. The molecule has 0 saturated carbocycles. The predicted octanol–water partition coefficient (Wildman–Crippen LogP) is 4.05. The highest BCUT2D eigenvalue weighted by molar-refractivity contribution is 9.10. The molecule has 1 atom stereocenters. The Hall–Kier alpha value is -2.80. The van der Waals surface area contributed by atoms with Crippen molar-refractivity contribution in [3.8, 4) is 11.5 Å². The highest BCUT2D eigenvalue weighted by atomic mass is 79.9. The van der Waals surface area contributed by atoms with E-state index in [4.69, 9.17) is 9.47 Å². The highest BCUT2D eigenvalue weighted by Crippen LogP contribution is 2.42. The van der Waals surface area contributed by atoms with Gasteiger partial charge in [-0.15, -0.1) is 0 Å². The van der Waals surface area contributed by atoms with Gasteiger partial charge in [0.15, 0.2) is 11.5 Å². The quantitative estimate of drug-likeness (QED) is 0.425. The molecule has 0 spiro atoms. The van der Waals surface area contributed by atoms with Crippen molar-refractivity contribution in [3.63, 3.8) is 0 Å². The lowest BCUT2D eigenvalue weighted by molar-refractivity contribution is -0.139. The molecule has 0 aliphatic carbocycles. The van der Waals surface area contributed by atoms with Crippen LogP contribution in [-0.2, 0) is 9.59 Å². The lowest BCUT2D eigenvalue weighted by atomic mass is 9.95. The summed E-state index contributed by atoms with van der Waals surface area (Å²) < 4.78 is 12.1. The predicted molar refractivity (Wildman–Crippen MR) is 111 cm³/mol. The molecule has 7 heteroatoms. The van der Waals surface area contributed by atoms with E-state index in [2.05, 4.69) is 15.9 Å². The summed E-state index contributed by atoms with van der Waals surface area (Å²) in [4.78, 5) is 27.1. The van der Waals surface area contributed by atoms with Crippen LogP contribution < -0.4 is 9.47 Å². The van der Waals surface area contributed by atoms with Crippen LogP contribution in [0.2, 0.25) is 0 Å². The highest BCUT2D eigenvalue weighted by Gasteiger charge is 2.45. The topological polar surface area (TPSA) is 76.1 Å². The molecule has 2 aliphatic heterocycles. The number of Topliss-reactive ketones (excluding diaryl/α,β-unsaturated/α-hetero) is 1. The Bertz CT molecular complexity index is 999. The van der Waals surface area contributed by atoms with Gasteiger partial charge in [0.1, 0.15) is 19.0 Å². The second-order valence-corrected chi connectivity index (χ2v) is 7.82. The van der Waals surface area contributed by atoms with Gasteiger partial charge in [0.25, 0.3) is 11.7 Å². The summed E-state index contributed by atoms with van der Waals surface area (Å²) in [5.74, 6) is -0.279. The number of carbonyl (C=O) groups excluding carboxylic acids is 2. The number of fused-ring (bicyclic) bond motifs is 1. The molecule has 150 valence electrons. The Labute approximate surface area is 176 Å². The van der Waals surface area contributed by atoms with E-state index < -0.39 is 17.7 Å². The zero-order valence-corrected chi connectivity index (χ0v) is 17.4. The number of rotatable bonds is 4. The van der Waals surface area contributed by atoms with Crippen LogP contribution >= 0.6 is 15.9 Å². The van der Waals surface area contributed by atoms with Gasteiger partial charge in [-0.25, -0.2) is 0 Å². The molecule has 2 heterocycles. The molecule has 2 aliphatic rings. The molecule has 4 rings (SSSR count). The van der Waals surface area contributed by atoms with E-state index in [1.807, 2.05) is 13.0 Å². The maximum absolute atomic E-state index is 12.9. The van der Waals surface area contributed by atoms with E-state index in [1.165, 1.54) is 4.90 Å². The summed E-state index contributed by atoms with van der Waals surface area (Å²) in [6.07, 6.45) is 0.687. The average Bonchev–Trinajstić information content (AvgIpc) is 2.99. The number of hydrogen-bond donors (Lipinski definition) is 1. The molecule has 1 fully saturated rings. The largest absolute Gasteiger partial charge is 0.507 e. The molecule has 1 amide bonds. The van der Waals surface area contributed by atoms with E-state index >= 15 is 0 Å². The van der Waals surface area contributed by atoms with E-state index in [-0.39, 0.29) is 11.3 Å². The molecule has 0 radical (unpaired) electrons. The second-order valence-electron chi connectivity index (χ2n) is 6.90. The lowest BCUT2D eigenvalue weighted by Crippen LogP contribution is -2.30. The van der Waals surface area contributed by atoms with Crippen LogP contribution in [0, 0.1) is 0 Å². The van der Waals surface area contributed by atoms with Crippen LogP contribution in [0.25, 0.3) is 5.76 Å². The summed E-state index contributed by atoms with van der Waals surface area (Å²) >= 11 is 3.36. The van der Waals surface area contributed by atoms with Crippen LogP contribution in [0.3, 0.4) is 0 Å². The number of aliphatic hydroxyl groups excluding tert-OH is 1. The van der Waals surface area contributed by atoms with E-state index in [0.29, 0.717) is 48.8 Å². The summed E-state index contributed by atoms with van der Waals surface area (Å²) in [5.41, 5.74) is 1.26. The molecule has 2 aromatic carbocycles. The van der Waals surface area contributed by atoms with Crippen LogP contribution in [0.5, 0.6) is 11.5 Å². The third-order valence-electron chi connectivity index (χ3n) is 5.00. The van der Waals surface area contributed by atoms with Crippen molar-refractivity contribution in [1.82, 2.24) is 4.90 Å². The lowest BCUT2D eigenvalue weighted by Gasteiger charge is -2.26. The van der Waals surface area contributed by atoms with Gasteiger partial charge in [0.05, 0.1) is 11.6 Å². The Morgan fingerprint density at radius 1 is 1.10 bits per heavy atom. The molecule has 2 aromatic rings. The normalized spacial score (nSPS) is 20.2. The Balaban J connectivity index is 1.86. The number of ketones is 1. The van der Waals surface area contributed by atoms with Crippen LogP contribution in [0.1, 0.15) is 30.5 Å². The van der Waals surface area contributed by atoms with Crippen molar-refractivity contribution < 1.29 is 24.2 Å². The van der Waals surface area contributed by atoms with Crippen molar-refractivity contribution in [3.05, 3.63) is 63.6 Å². The standard InChI is InChI=1S/C22H20BrNO5/c1-2-9-24-19(14-5-8-16-17(12-14)29-11-10-28-16)18(21(26)22(24)27)20(25)13-3-6-15(23)7-4-13/h3-8,12,19,25H,2,9-11H2,1H3/b20-18-. The Kier molecular flexibility index (Phi) is 5.32. The maximum atomic E-state index is 12.9. The molecule has 0 bridgehead atoms. The van der Waals surface area contributed by atoms with Gasteiger partial charge in [-0.3, -0.25) is 9.59 Å². The summed E-state index contributed by atoms with van der Waals surface area (Å²) in [6.45, 7) is 3.25. The molecular weight excluding hydrogens is 438 g/mol. The monoisotopic (exact) mass is 457 g/mol. The van der Waals surface area contributed by atoms with E-state index in [1.54, 1.807) is 36.4 Å². The van der Waals surface area contributed by atoms with Crippen LogP contribution in [-0.4, -0.2) is 41.5 Å². The molecule has 1 saturated heterocycles. The number of hydrogen-bond acceptors (Lipinski definition) is 5. The first-order chi connectivity index (χ1) is 14.0. The van der Waals surface area contributed by atoms with Gasteiger partial charge in [0, 0.05) is 16.6 Å². The summed E-state index contributed by atoms with van der Waals surface area (Å²) in [6, 6.07) is 11.6. The van der Waals surface area contributed by atoms with Gasteiger partial charge in [0.2, 0.25) is 0 Å². The molecule has 1 unspecified atom stereocenters. The summed E-state index contributed by atoms with van der Waals surface area (Å²) in [5, 5.41) is 11.0. The number of nitrogens with zero attached hydrogens (tertiary/aromatic N) is 1. The second kappa shape index (κ2) is 7.91. The van der Waals surface area contributed by atoms with Crippen molar-refractivity contribution in [2.45, 2.75) is 19.4 Å². The van der Waals surface area contributed by atoms with Crippen LogP contribution in [0.15, 0.2) is 52.5 Å². The first kappa shape index (κ1) is 19.5. The SMILES string of the molecule is CCCN1C(=O)C(=O)/C(=C(\O)c2ccc(Br)cc2)C1c1ccc2c(c1)OCCO2. The van der Waals surface area contributed by atoms with Crippen molar-refractivity contribution in [2.24, 2.45) is 0 Å². The van der Waals surface area contributed by atoms with Crippen LogP contribution in [0.4, 0.5) is 0 Å². The Morgan fingerprint density at radius 3 is 2.48 bits per heavy atom. The average molecular weight is 458 g/mol. The first-order valence-corrected chi connectivity index (χ1v) is 10.2. The zero-order valence-electron chi connectivity index (χ0n) is 15.9. The van der Waals surface area contributed by atoms with E-state index in [9.17, 15) is 14.7 Å². The maximum Gasteiger partial charge on any atom is 0.295 e. The smallest absolute Gasteiger partial charge is 0.295 e. The fourth-order valence-electron chi connectivity index (χ4n) is 3.69. The number of carbonyl (C=O) groups is 2. The minimum atomic E-state index is -0.686. The fraction of sp³-hybridized carbons (Fsp3) is 0.273. The number of halogens is 1.